The maximum absolute atomic E-state index is 12.7. The van der Waals surface area contributed by atoms with E-state index in [2.05, 4.69) is 59.4 Å². The molecule has 0 N–H and O–H groups in total. The van der Waals surface area contributed by atoms with Gasteiger partial charge in [0, 0.05) is 36.0 Å². The molecule has 0 radical (unpaired) electrons. The van der Waals surface area contributed by atoms with Gasteiger partial charge in [0.1, 0.15) is 0 Å². The van der Waals surface area contributed by atoms with E-state index in [0.29, 0.717) is 12.8 Å². The molecule has 5 atom stereocenters. The number of hydrogen-bond donors (Lipinski definition) is 0. The summed E-state index contributed by atoms with van der Waals surface area (Å²) < 4.78 is 0. The lowest BCUT2D eigenvalue weighted by atomic mass is 9.46. The lowest BCUT2D eigenvalue weighted by Crippen LogP contribution is -2.51. The Balaban J connectivity index is 2.12. The van der Waals surface area contributed by atoms with Crippen LogP contribution in [0.2, 0.25) is 0 Å². The molecule has 3 rings (SSSR count). The number of ketones is 2. The fraction of sp³-hybridized carbons (Fsp3) is 0.538. The third kappa shape index (κ3) is 3.32. The molecule has 3 aliphatic rings. The normalized spacial score (nSPS) is 37.6. The number of Topliss-reactive ketones (excluding diaryl/α,β-unsaturated/α-hetero) is 1. The van der Waals surface area contributed by atoms with Crippen LogP contribution in [0.3, 0.4) is 0 Å². The molecule has 150 valence electrons. The second-order valence-electron chi connectivity index (χ2n) is 9.70. The first-order valence-corrected chi connectivity index (χ1v) is 10.5. The van der Waals surface area contributed by atoms with E-state index in [1.807, 2.05) is 13.0 Å². The van der Waals surface area contributed by atoms with Gasteiger partial charge in [0.2, 0.25) is 0 Å². The number of allylic oxidation sites excluding steroid dienone is 9. The Morgan fingerprint density at radius 1 is 1.29 bits per heavy atom. The minimum Gasteiger partial charge on any atom is -0.295 e. The highest BCUT2D eigenvalue weighted by Crippen LogP contribution is 2.63. The molecular formula is C26H34O2. The summed E-state index contributed by atoms with van der Waals surface area (Å²) in [5.74, 6) is 0.870. The summed E-state index contributed by atoms with van der Waals surface area (Å²) >= 11 is 0. The van der Waals surface area contributed by atoms with Crippen molar-refractivity contribution in [1.29, 1.82) is 0 Å². The van der Waals surface area contributed by atoms with E-state index in [9.17, 15) is 9.59 Å². The topological polar surface area (TPSA) is 34.1 Å². The van der Waals surface area contributed by atoms with Crippen LogP contribution in [0.5, 0.6) is 0 Å². The van der Waals surface area contributed by atoms with E-state index in [4.69, 9.17) is 0 Å². The van der Waals surface area contributed by atoms with E-state index in [1.165, 1.54) is 16.7 Å². The summed E-state index contributed by atoms with van der Waals surface area (Å²) in [6.45, 7) is 17.4. The first kappa shape index (κ1) is 20.8. The molecular weight excluding hydrogens is 344 g/mol. The molecule has 2 heteroatoms. The zero-order valence-electron chi connectivity index (χ0n) is 18.3. The standard InChI is InChI=1S/C26H34O2/c1-8-22(28)19(5)24-25(6)13-16(2)14-26(24,7)23(18(4)15-25)17(3)11-20-9-10-21(27)12-20/h9-11,14-15,20,23-24H,5,8,12-13H2,1-4,6-7H3/b17-11-/t20-,23+,24+,25-,26-/m0/s1. The van der Waals surface area contributed by atoms with Crippen LogP contribution in [0.1, 0.15) is 60.8 Å². The minimum absolute atomic E-state index is 0.0837. The van der Waals surface area contributed by atoms with Crippen LogP contribution < -0.4 is 0 Å². The van der Waals surface area contributed by atoms with Gasteiger partial charge in [0.25, 0.3) is 0 Å². The molecule has 0 aliphatic heterocycles. The van der Waals surface area contributed by atoms with E-state index < -0.39 is 0 Å². The summed E-state index contributed by atoms with van der Waals surface area (Å²) in [6.07, 6.45) is 12.8. The van der Waals surface area contributed by atoms with Crippen molar-refractivity contribution in [1.82, 2.24) is 0 Å². The van der Waals surface area contributed by atoms with Gasteiger partial charge >= 0.3 is 0 Å². The quantitative estimate of drug-likeness (QED) is 0.423. The summed E-state index contributed by atoms with van der Waals surface area (Å²) in [7, 11) is 0. The van der Waals surface area contributed by atoms with Gasteiger partial charge in [-0.2, -0.15) is 0 Å². The molecule has 0 fully saturated rings. The molecule has 0 unspecified atom stereocenters. The highest BCUT2D eigenvalue weighted by Gasteiger charge is 2.56. The summed E-state index contributed by atoms with van der Waals surface area (Å²) in [5, 5.41) is 0. The van der Waals surface area contributed by atoms with Gasteiger partial charge in [0.15, 0.2) is 11.6 Å². The number of rotatable bonds is 5. The second-order valence-corrected chi connectivity index (χ2v) is 9.70. The minimum atomic E-state index is -0.190. The van der Waals surface area contributed by atoms with Crippen molar-refractivity contribution in [3.05, 3.63) is 59.3 Å². The Morgan fingerprint density at radius 2 is 1.96 bits per heavy atom. The molecule has 0 aromatic heterocycles. The summed E-state index contributed by atoms with van der Waals surface area (Å²) in [4.78, 5) is 24.3. The van der Waals surface area contributed by atoms with E-state index in [0.717, 1.165) is 12.0 Å². The van der Waals surface area contributed by atoms with Crippen LogP contribution in [0.4, 0.5) is 0 Å². The average Bonchev–Trinajstić information content (AvgIpc) is 2.96. The Morgan fingerprint density at radius 3 is 2.54 bits per heavy atom. The van der Waals surface area contributed by atoms with Gasteiger partial charge in [-0.25, -0.2) is 0 Å². The van der Waals surface area contributed by atoms with Crippen molar-refractivity contribution in [2.24, 2.45) is 28.6 Å². The van der Waals surface area contributed by atoms with E-state index in [1.54, 1.807) is 6.08 Å². The smallest absolute Gasteiger partial charge is 0.158 e. The van der Waals surface area contributed by atoms with Gasteiger partial charge in [-0.3, -0.25) is 9.59 Å². The lowest BCUT2D eigenvalue weighted by Gasteiger charge is -2.57. The summed E-state index contributed by atoms with van der Waals surface area (Å²) in [5.41, 5.74) is 4.54. The molecule has 2 bridgehead atoms. The molecule has 0 saturated carbocycles. The molecule has 0 spiro atoms. The first-order valence-electron chi connectivity index (χ1n) is 10.5. The van der Waals surface area contributed by atoms with Gasteiger partial charge < -0.3 is 0 Å². The molecule has 0 aromatic carbocycles. The van der Waals surface area contributed by atoms with Crippen molar-refractivity contribution in [3.63, 3.8) is 0 Å². The van der Waals surface area contributed by atoms with Crippen LogP contribution in [0.25, 0.3) is 0 Å². The summed E-state index contributed by atoms with van der Waals surface area (Å²) in [6, 6.07) is 0. The molecule has 3 aliphatic carbocycles. The molecule has 0 heterocycles. The van der Waals surface area contributed by atoms with Gasteiger partial charge in [-0.15, -0.1) is 0 Å². The van der Waals surface area contributed by atoms with E-state index in [-0.39, 0.29) is 40.2 Å². The molecule has 2 nitrogen and oxygen atoms in total. The molecule has 0 aromatic rings. The fourth-order valence-electron chi connectivity index (χ4n) is 6.72. The SMILES string of the molecule is C=C(C(=O)CC)[C@H]1[C@@]2(C)C=C(C)C[C@@]1(C)C=C(C)[C@H]2/C(C)=C\[C@@H]1C=CC(=O)C1. The van der Waals surface area contributed by atoms with Crippen molar-refractivity contribution >= 4 is 11.6 Å². The van der Waals surface area contributed by atoms with E-state index >= 15 is 0 Å². The number of carbonyl (C=O) groups is 2. The van der Waals surface area contributed by atoms with Crippen molar-refractivity contribution in [2.45, 2.75) is 60.8 Å². The third-order valence-electron chi connectivity index (χ3n) is 7.06. The van der Waals surface area contributed by atoms with Crippen LogP contribution in [-0.4, -0.2) is 11.6 Å². The number of hydrogen-bond acceptors (Lipinski definition) is 2. The predicted molar refractivity (Wildman–Crippen MR) is 116 cm³/mol. The molecule has 0 saturated heterocycles. The third-order valence-corrected chi connectivity index (χ3v) is 7.06. The van der Waals surface area contributed by atoms with Crippen LogP contribution in [0, 0.1) is 28.6 Å². The zero-order chi connectivity index (χ0) is 20.9. The van der Waals surface area contributed by atoms with Crippen LogP contribution >= 0.6 is 0 Å². The molecule has 0 amide bonds. The second kappa shape index (κ2) is 7.13. The average molecular weight is 379 g/mol. The van der Waals surface area contributed by atoms with Gasteiger partial charge in [-0.05, 0) is 44.3 Å². The Labute approximate surface area is 170 Å². The Kier molecular flexibility index (Phi) is 5.29. The van der Waals surface area contributed by atoms with Crippen molar-refractivity contribution in [2.75, 3.05) is 0 Å². The van der Waals surface area contributed by atoms with Crippen molar-refractivity contribution in [3.8, 4) is 0 Å². The number of carbonyl (C=O) groups excluding carboxylic acids is 2. The Bertz CT molecular complexity index is 850. The van der Waals surface area contributed by atoms with Crippen LogP contribution in [-0.2, 0) is 9.59 Å². The first-order chi connectivity index (χ1) is 13.0. The number of fused-ring (bicyclic) bond motifs is 2. The Hall–Kier alpha value is -1.96. The largest absolute Gasteiger partial charge is 0.295 e. The highest BCUT2D eigenvalue weighted by molar-refractivity contribution is 5.95. The van der Waals surface area contributed by atoms with Crippen molar-refractivity contribution < 1.29 is 9.59 Å². The monoisotopic (exact) mass is 378 g/mol. The van der Waals surface area contributed by atoms with Gasteiger partial charge in [-0.1, -0.05) is 68.4 Å². The maximum Gasteiger partial charge on any atom is 0.158 e. The van der Waals surface area contributed by atoms with Crippen LogP contribution in [0.15, 0.2) is 59.3 Å². The molecule has 28 heavy (non-hydrogen) atoms. The zero-order valence-corrected chi connectivity index (χ0v) is 18.3. The maximum atomic E-state index is 12.7. The predicted octanol–water partition coefficient (Wildman–Crippen LogP) is 6.17. The fourth-order valence-corrected chi connectivity index (χ4v) is 6.72. The van der Waals surface area contributed by atoms with Gasteiger partial charge in [0.05, 0.1) is 0 Å². The highest BCUT2D eigenvalue weighted by atomic mass is 16.1. The lowest BCUT2D eigenvalue weighted by molar-refractivity contribution is -0.117.